The molecule has 2 N–H and O–H groups in total. The maximum absolute atomic E-state index is 11.1. The second-order valence-corrected chi connectivity index (χ2v) is 2.84. The molecule has 0 unspecified atom stereocenters. The van der Waals surface area contributed by atoms with Crippen LogP contribution in [-0.2, 0) is 6.42 Å². The van der Waals surface area contributed by atoms with E-state index >= 15 is 0 Å². The van der Waals surface area contributed by atoms with Crippen molar-refractivity contribution in [2.24, 2.45) is 0 Å². The first-order valence-corrected chi connectivity index (χ1v) is 3.69. The highest BCUT2D eigenvalue weighted by Crippen LogP contribution is 2.23. The van der Waals surface area contributed by atoms with E-state index in [0.29, 0.717) is 6.42 Å². The molecule has 0 saturated heterocycles. The molecular formula is C9H10ClNO. The molecule has 0 saturated carbocycles. The van der Waals surface area contributed by atoms with Crippen LogP contribution in [0.3, 0.4) is 0 Å². The number of anilines is 1. The van der Waals surface area contributed by atoms with Gasteiger partial charge in [0.1, 0.15) is 0 Å². The van der Waals surface area contributed by atoms with Crippen molar-refractivity contribution in [1.29, 1.82) is 0 Å². The van der Waals surface area contributed by atoms with Gasteiger partial charge < -0.3 is 5.73 Å². The summed E-state index contributed by atoms with van der Waals surface area (Å²) in [5, 5.41) is 0. The molecule has 12 heavy (non-hydrogen) atoms. The molecule has 0 spiro atoms. The van der Waals surface area contributed by atoms with Gasteiger partial charge in [-0.05, 0) is 30.2 Å². The second-order valence-electron chi connectivity index (χ2n) is 2.84. The first kappa shape index (κ1) is 9.07. The molecule has 1 aromatic carbocycles. The van der Waals surface area contributed by atoms with Gasteiger partial charge in [0.2, 0.25) is 0 Å². The van der Waals surface area contributed by atoms with Gasteiger partial charge in [0, 0.05) is 17.7 Å². The summed E-state index contributed by atoms with van der Waals surface area (Å²) in [6.07, 6.45) is 1.51. The predicted octanol–water partition coefficient (Wildman–Crippen LogP) is 1.82. The molecule has 0 amide bonds. The van der Waals surface area contributed by atoms with Crippen molar-refractivity contribution in [2.45, 2.75) is 12.8 Å². The lowest BCUT2D eigenvalue weighted by atomic mass is 10.1. The number of carbonyl (C=O) groups excluding carboxylic acids is 1. The van der Waals surface area contributed by atoms with E-state index in [0.717, 1.165) is 23.2 Å². The molecule has 0 bridgehead atoms. The lowest BCUT2D eigenvalue weighted by Crippen LogP contribution is -1.92. The van der Waals surface area contributed by atoms with E-state index in [-0.39, 0.29) is 18.2 Å². The lowest BCUT2D eigenvalue weighted by molar-refractivity contribution is 0.0994. The summed E-state index contributed by atoms with van der Waals surface area (Å²) < 4.78 is 0. The van der Waals surface area contributed by atoms with Gasteiger partial charge in [0.25, 0.3) is 0 Å². The smallest absolute Gasteiger partial charge is 0.163 e. The first-order chi connectivity index (χ1) is 5.27. The molecule has 1 aliphatic rings. The average molecular weight is 184 g/mol. The molecule has 2 nitrogen and oxygen atoms in total. The zero-order valence-electron chi connectivity index (χ0n) is 6.54. The van der Waals surface area contributed by atoms with E-state index < -0.39 is 0 Å². The van der Waals surface area contributed by atoms with Crippen molar-refractivity contribution < 1.29 is 4.79 Å². The van der Waals surface area contributed by atoms with Crippen LogP contribution in [0.15, 0.2) is 18.2 Å². The van der Waals surface area contributed by atoms with Crippen LogP contribution in [0.1, 0.15) is 22.3 Å². The predicted molar refractivity (Wildman–Crippen MR) is 50.8 cm³/mol. The number of aryl methyl sites for hydroxylation is 1. The first-order valence-electron chi connectivity index (χ1n) is 3.69. The van der Waals surface area contributed by atoms with Crippen molar-refractivity contribution in [3.05, 3.63) is 29.3 Å². The van der Waals surface area contributed by atoms with Gasteiger partial charge in [0.05, 0.1) is 0 Å². The largest absolute Gasteiger partial charge is 0.399 e. The number of nitrogen functional groups attached to an aromatic ring is 1. The molecule has 0 radical (unpaired) electrons. The van der Waals surface area contributed by atoms with E-state index in [1.54, 1.807) is 6.07 Å². The minimum Gasteiger partial charge on any atom is -0.399 e. The molecule has 0 atom stereocenters. The number of Topliss-reactive ketones (excluding diaryl/α,β-unsaturated/α-hetero) is 1. The van der Waals surface area contributed by atoms with E-state index in [9.17, 15) is 4.79 Å². The third kappa shape index (κ3) is 1.30. The Balaban J connectivity index is 0.000000720. The van der Waals surface area contributed by atoms with Gasteiger partial charge in [-0.15, -0.1) is 12.4 Å². The molecule has 0 aromatic heterocycles. The summed E-state index contributed by atoms with van der Waals surface area (Å²) in [4.78, 5) is 11.1. The molecule has 0 heterocycles. The molecule has 1 aromatic rings. The summed E-state index contributed by atoms with van der Waals surface area (Å²) in [5.41, 5.74) is 8.28. The lowest BCUT2D eigenvalue weighted by Gasteiger charge is -1.97. The van der Waals surface area contributed by atoms with Crippen LogP contribution in [0.5, 0.6) is 0 Å². The molecule has 2 rings (SSSR count). The Bertz CT molecular complexity index is 322. The Hall–Kier alpha value is -1.02. The minimum absolute atomic E-state index is 0. The number of halogens is 1. The highest BCUT2D eigenvalue weighted by Gasteiger charge is 2.18. The Morgan fingerprint density at radius 1 is 1.25 bits per heavy atom. The summed E-state index contributed by atoms with van der Waals surface area (Å²) in [7, 11) is 0. The van der Waals surface area contributed by atoms with Gasteiger partial charge in [-0.1, -0.05) is 0 Å². The van der Waals surface area contributed by atoms with Gasteiger partial charge in [-0.25, -0.2) is 0 Å². The van der Waals surface area contributed by atoms with Crippen LogP contribution >= 0.6 is 12.4 Å². The maximum Gasteiger partial charge on any atom is 0.163 e. The number of hydrogen-bond acceptors (Lipinski definition) is 2. The monoisotopic (exact) mass is 183 g/mol. The van der Waals surface area contributed by atoms with Gasteiger partial charge in [-0.3, -0.25) is 4.79 Å². The molecule has 1 aliphatic carbocycles. The summed E-state index contributed by atoms with van der Waals surface area (Å²) >= 11 is 0. The van der Waals surface area contributed by atoms with E-state index in [4.69, 9.17) is 5.73 Å². The summed E-state index contributed by atoms with van der Waals surface area (Å²) in [6, 6.07) is 5.49. The third-order valence-corrected chi connectivity index (χ3v) is 2.05. The topological polar surface area (TPSA) is 43.1 Å². The maximum atomic E-state index is 11.1. The van der Waals surface area contributed by atoms with E-state index in [2.05, 4.69) is 0 Å². The Labute approximate surface area is 77.2 Å². The summed E-state index contributed by atoms with van der Waals surface area (Å²) in [5.74, 6) is 0.250. The zero-order valence-corrected chi connectivity index (χ0v) is 7.36. The van der Waals surface area contributed by atoms with E-state index in [1.165, 1.54) is 0 Å². The number of ketones is 1. The third-order valence-electron chi connectivity index (χ3n) is 2.05. The Kier molecular flexibility index (Phi) is 2.38. The number of hydrogen-bond donors (Lipinski definition) is 1. The fourth-order valence-electron chi connectivity index (χ4n) is 1.48. The number of rotatable bonds is 0. The quantitative estimate of drug-likeness (QED) is 0.624. The van der Waals surface area contributed by atoms with Crippen molar-refractivity contribution in [3.8, 4) is 0 Å². The number of fused-ring (bicyclic) bond motifs is 1. The molecule has 0 aliphatic heterocycles. The zero-order chi connectivity index (χ0) is 7.84. The van der Waals surface area contributed by atoms with Gasteiger partial charge >= 0.3 is 0 Å². The fourth-order valence-corrected chi connectivity index (χ4v) is 1.48. The minimum atomic E-state index is 0. The standard InChI is InChI=1S/C9H9NO.ClH/c10-7-2-3-8-6(5-7)1-4-9(8)11;/h2-3,5H,1,4,10H2;1H. The number of carbonyl (C=O) groups is 1. The highest BCUT2D eigenvalue weighted by molar-refractivity contribution is 6.00. The second kappa shape index (κ2) is 3.15. The van der Waals surface area contributed by atoms with Crippen LogP contribution in [0, 0.1) is 0 Å². The number of nitrogens with two attached hydrogens (primary N) is 1. The number of benzene rings is 1. The fraction of sp³-hybridized carbons (Fsp3) is 0.222. The van der Waals surface area contributed by atoms with Crippen molar-refractivity contribution in [1.82, 2.24) is 0 Å². The molecule has 64 valence electrons. The van der Waals surface area contributed by atoms with Crippen LogP contribution in [0.4, 0.5) is 5.69 Å². The van der Waals surface area contributed by atoms with Crippen LogP contribution < -0.4 is 5.73 Å². The normalized spacial score (nSPS) is 13.8. The molecule has 3 heteroatoms. The van der Waals surface area contributed by atoms with Crippen LogP contribution in [0.25, 0.3) is 0 Å². The van der Waals surface area contributed by atoms with Gasteiger partial charge in [0.15, 0.2) is 5.78 Å². The Morgan fingerprint density at radius 3 is 2.75 bits per heavy atom. The molecular weight excluding hydrogens is 174 g/mol. The average Bonchev–Trinajstić information content (AvgIpc) is 2.32. The van der Waals surface area contributed by atoms with Crippen LogP contribution in [0.2, 0.25) is 0 Å². The van der Waals surface area contributed by atoms with E-state index in [1.807, 2.05) is 12.1 Å². The van der Waals surface area contributed by atoms with Crippen molar-refractivity contribution in [3.63, 3.8) is 0 Å². The molecule has 0 fully saturated rings. The Morgan fingerprint density at radius 2 is 2.00 bits per heavy atom. The van der Waals surface area contributed by atoms with Gasteiger partial charge in [-0.2, -0.15) is 0 Å². The SMILES string of the molecule is Cl.Nc1ccc2c(c1)CCC2=O. The highest BCUT2D eigenvalue weighted by atomic mass is 35.5. The van der Waals surface area contributed by atoms with Crippen LogP contribution in [-0.4, -0.2) is 5.78 Å². The summed E-state index contributed by atoms with van der Waals surface area (Å²) in [6.45, 7) is 0. The van der Waals surface area contributed by atoms with Crippen molar-refractivity contribution in [2.75, 3.05) is 5.73 Å². The van der Waals surface area contributed by atoms with Crippen molar-refractivity contribution >= 4 is 23.9 Å².